The van der Waals surface area contributed by atoms with Crippen molar-refractivity contribution in [2.75, 3.05) is 39.8 Å². The van der Waals surface area contributed by atoms with Crippen molar-refractivity contribution < 1.29 is 4.79 Å². The third kappa shape index (κ3) is 4.79. The number of aryl methyl sites for hydroxylation is 3. The maximum atomic E-state index is 12.8. The SMILES string of the molecule is Cc1nc(C)c2c(C)c(C(=O)NCCCN3CCN(C)CC3c3ccccc3)sc2n1. The lowest BCUT2D eigenvalue weighted by molar-refractivity contribution is 0.0866. The van der Waals surface area contributed by atoms with Gasteiger partial charge in [-0.3, -0.25) is 9.69 Å². The highest BCUT2D eigenvalue weighted by atomic mass is 32.1. The average Bonchev–Trinajstić information content (AvgIpc) is 3.09. The number of piperazine rings is 1. The zero-order valence-corrected chi connectivity index (χ0v) is 19.6. The summed E-state index contributed by atoms with van der Waals surface area (Å²) in [4.78, 5) is 28.4. The number of benzene rings is 1. The third-order valence-corrected chi connectivity index (χ3v) is 7.26. The van der Waals surface area contributed by atoms with E-state index in [1.807, 2.05) is 20.8 Å². The zero-order valence-electron chi connectivity index (χ0n) is 18.8. The Morgan fingerprint density at radius 2 is 1.94 bits per heavy atom. The Morgan fingerprint density at radius 1 is 1.16 bits per heavy atom. The normalized spacial score (nSPS) is 17.9. The largest absolute Gasteiger partial charge is 0.351 e. The molecule has 0 aliphatic carbocycles. The first-order valence-corrected chi connectivity index (χ1v) is 11.8. The van der Waals surface area contributed by atoms with Crippen LogP contribution in [0.5, 0.6) is 0 Å². The van der Waals surface area contributed by atoms with E-state index in [2.05, 4.69) is 62.5 Å². The fourth-order valence-corrected chi connectivity index (χ4v) is 5.66. The molecule has 1 amide bonds. The number of amides is 1. The number of thiophene rings is 1. The molecule has 2 aromatic heterocycles. The van der Waals surface area contributed by atoms with Crippen LogP contribution in [0, 0.1) is 20.8 Å². The summed E-state index contributed by atoms with van der Waals surface area (Å²) in [5.41, 5.74) is 3.29. The smallest absolute Gasteiger partial charge is 0.261 e. The first-order chi connectivity index (χ1) is 14.9. The van der Waals surface area contributed by atoms with Gasteiger partial charge in [-0.2, -0.15) is 0 Å². The van der Waals surface area contributed by atoms with E-state index in [0.29, 0.717) is 12.6 Å². The number of likely N-dealkylation sites (N-methyl/N-ethyl adjacent to an activating group) is 1. The minimum absolute atomic E-state index is 0.00413. The summed E-state index contributed by atoms with van der Waals surface area (Å²) in [5, 5.41) is 4.14. The molecule has 1 saturated heterocycles. The molecule has 1 unspecified atom stereocenters. The summed E-state index contributed by atoms with van der Waals surface area (Å²) in [7, 11) is 2.19. The lowest BCUT2D eigenvalue weighted by Crippen LogP contribution is -2.47. The van der Waals surface area contributed by atoms with Gasteiger partial charge in [0.25, 0.3) is 5.91 Å². The van der Waals surface area contributed by atoms with Crippen LogP contribution in [-0.2, 0) is 0 Å². The Bertz CT molecular complexity index is 1060. The Hall–Kier alpha value is -2.35. The number of carbonyl (C=O) groups excluding carboxylic acids is 1. The van der Waals surface area contributed by atoms with E-state index in [1.165, 1.54) is 16.9 Å². The van der Waals surface area contributed by atoms with Gasteiger partial charge in [-0.1, -0.05) is 30.3 Å². The van der Waals surface area contributed by atoms with Crippen LogP contribution < -0.4 is 5.32 Å². The maximum Gasteiger partial charge on any atom is 0.261 e. The molecule has 1 aromatic carbocycles. The number of nitrogens with zero attached hydrogens (tertiary/aromatic N) is 4. The van der Waals surface area contributed by atoms with Crippen LogP contribution in [0.15, 0.2) is 30.3 Å². The summed E-state index contributed by atoms with van der Waals surface area (Å²) in [5.74, 6) is 0.744. The van der Waals surface area contributed by atoms with Crippen LogP contribution in [0.1, 0.15) is 44.8 Å². The number of hydrogen-bond donors (Lipinski definition) is 1. The van der Waals surface area contributed by atoms with Crippen molar-refractivity contribution in [1.29, 1.82) is 0 Å². The van der Waals surface area contributed by atoms with E-state index in [0.717, 1.165) is 64.8 Å². The van der Waals surface area contributed by atoms with Gasteiger partial charge in [0, 0.05) is 49.8 Å². The van der Waals surface area contributed by atoms with Gasteiger partial charge >= 0.3 is 0 Å². The van der Waals surface area contributed by atoms with Crippen molar-refractivity contribution in [1.82, 2.24) is 25.1 Å². The van der Waals surface area contributed by atoms with Crippen LogP contribution >= 0.6 is 11.3 Å². The Morgan fingerprint density at radius 3 is 2.71 bits per heavy atom. The topological polar surface area (TPSA) is 61.4 Å². The molecule has 164 valence electrons. The molecule has 1 atom stereocenters. The number of carbonyl (C=O) groups is 1. The summed E-state index contributed by atoms with van der Waals surface area (Å²) in [6.07, 6.45) is 0.931. The minimum Gasteiger partial charge on any atom is -0.351 e. The fourth-order valence-electron chi connectivity index (χ4n) is 4.47. The molecule has 1 aliphatic heterocycles. The summed E-state index contributed by atoms with van der Waals surface area (Å²) in [6.45, 7) is 10.7. The van der Waals surface area contributed by atoms with Gasteiger partial charge in [0.2, 0.25) is 0 Å². The number of hydrogen-bond acceptors (Lipinski definition) is 6. The summed E-state index contributed by atoms with van der Waals surface area (Å²) < 4.78 is 0. The molecule has 7 heteroatoms. The minimum atomic E-state index is -0.00413. The second kappa shape index (κ2) is 9.42. The molecule has 0 saturated carbocycles. The molecule has 0 spiro atoms. The molecule has 1 N–H and O–H groups in total. The Balaban J connectivity index is 1.36. The van der Waals surface area contributed by atoms with Crippen molar-refractivity contribution in [2.45, 2.75) is 33.2 Å². The van der Waals surface area contributed by atoms with Gasteiger partial charge in [-0.05, 0) is 45.4 Å². The molecule has 3 aromatic rings. The predicted octanol–water partition coefficient (Wildman–Crippen LogP) is 3.73. The number of rotatable bonds is 6. The van der Waals surface area contributed by atoms with Crippen LogP contribution in [0.2, 0.25) is 0 Å². The van der Waals surface area contributed by atoms with E-state index in [-0.39, 0.29) is 5.91 Å². The summed E-state index contributed by atoms with van der Waals surface area (Å²) in [6, 6.07) is 11.1. The standard InChI is InChI=1S/C24H31N5OS/c1-16-21-17(2)26-18(3)27-24(21)31-22(16)23(30)25-11-8-12-29-14-13-28(4)15-20(29)19-9-6-5-7-10-19/h5-7,9-10,20H,8,11-15H2,1-4H3,(H,25,30). The lowest BCUT2D eigenvalue weighted by atomic mass is 10.0. The predicted molar refractivity (Wildman–Crippen MR) is 127 cm³/mol. The molecule has 1 fully saturated rings. The fraction of sp³-hybridized carbons (Fsp3) is 0.458. The zero-order chi connectivity index (χ0) is 22.0. The second-order valence-corrected chi connectivity index (χ2v) is 9.43. The monoisotopic (exact) mass is 437 g/mol. The van der Waals surface area contributed by atoms with Crippen LogP contribution in [0.25, 0.3) is 10.2 Å². The quantitative estimate of drug-likeness (QED) is 0.596. The van der Waals surface area contributed by atoms with Gasteiger partial charge in [0.05, 0.1) is 4.88 Å². The van der Waals surface area contributed by atoms with E-state index >= 15 is 0 Å². The first-order valence-electron chi connectivity index (χ1n) is 10.9. The van der Waals surface area contributed by atoms with Crippen molar-refractivity contribution >= 4 is 27.5 Å². The van der Waals surface area contributed by atoms with Gasteiger partial charge in [0.1, 0.15) is 10.7 Å². The molecule has 31 heavy (non-hydrogen) atoms. The van der Waals surface area contributed by atoms with Gasteiger partial charge < -0.3 is 10.2 Å². The molecular weight excluding hydrogens is 406 g/mol. The van der Waals surface area contributed by atoms with Crippen molar-refractivity contribution in [3.8, 4) is 0 Å². The highest BCUT2D eigenvalue weighted by Gasteiger charge is 2.26. The van der Waals surface area contributed by atoms with Crippen LogP contribution in [-0.4, -0.2) is 65.4 Å². The van der Waals surface area contributed by atoms with E-state index in [9.17, 15) is 4.79 Å². The first kappa shape index (κ1) is 21.9. The van der Waals surface area contributed by atoms with E-state index in [1.54, 1.807) is 0 Å². The number of nitrogens with one attached hydrogen (secondary N) is 1. The molecule has 3 heterocycles. The Kier molecular flexibility index (Phi) is 6.65. The van der Waals surface area contributed by atoms with Crippen molar-refractivity contribution in [3.63, 3.8) is 0 Å². The van der Waals surface area contributed by atoms with E-state index < -0.39 is 0 Å². The molecule has 0 radical (unpaired) electrons. The van der Waals surface area contributed by atoms with E-state index in [4.69, 9.17) is 0 Å². The highest BCUT2D eigenvalue weighted by molar-refractivity contribution is 7.20. The Labute approximate surface area is 188 Å². The lowest BCUT2D eigenvalue weighted by Gasteiger charge is -2.40. The highest BCUT2D eigenvalue weighted by Crippen LogP contribution is 2.31. The molecule has 4 rings (SSSR count). The number of aromatic nitrogens is 2. The maximum absolute atomic E-state index is 12.8. The average molecular weight is 438 g/mol. The number of fused-ring (bicyclic) bond motifs is 1. The second-order valence-electron chi connectivity index (χ2n) is 8.43. The molecular formula is C24H31N5OS. The van der Waals surface area contributed by atoms with Crippen LogP contribution in [0.3, 0.4) is 0 Å². The van der Waals surface area contributed by atoms with Gasteiger partial charge in [-0.25, -0.2) is 9.97 Å². The van der Waals surface area contributed by atoms with Crippen molar-refractivity contribution in [2.24, 2.45) is 0 Å². The third-order valence-electron chi connectivity index (χ3n) is 6.08. The summed E-state index contributed by atoms with van der Waals surface area (Å²) >= 11 is 1.47. The van der Waals surface area contributed by atoms with Gasteiger partial charge in [0.15, 0.2) is 0 Å². The van der Waals surface area contributed by atoms with Crippen LogP contribution in [0.4, 0.5) is 0 Å². The molecule has 6 nitrogen and oxygen atoms in total. The van der Waals surface area contributed by atoms with Gasteiger partial charge in [-0.15, -0.1) is 11.3 Å². The molecule has 1 aliphatic rings. The van der Waals surface area contributed by atoms with Crippen molar-refractivity contribution in [3.05, 3.63) is 57.9 Å². The molecule has 0 bridgehead atoms.